The molecule has 2 aromatic heterocycles. The molecule has 0 N–H and O–H groups in total. The normalized spacial score (nSPS) is 15.2. The van der Waals surface area contributed by atoms with Crippen molar-refractivity contribution in [3.8, 4) is 11.3 Å². The molecule has 0 saturated heterocycles. The zero-order valence-electron chi connectivity index (χ0n) is 20.2. The molecule has 192 valence electrons. The number of furan rings is 1. The molecule has 38 heavy (non-hydrogen) atoms. The fourth-order valence-corrected chi connectivity index (χ4v) is 5.24. The Morgan fingerprint density at radius 3 is 2.55 bits per heavy atom. The molecule has 5 rings (SSSR count). The van der Waals surface area contributed by atoms with Crippen LogP contribution in [0.3, 0.4) is 0 Å². The van der Waals surface area contributed by atoms with Crippen molar-refractivity contribution in [1.29, 1.82) is 0 Å². The number of carbonyl (C=O) groups is 1. The molecular formula is C27H20FN3O6S. The average Bonchev–Trinajstić information content (AvgIpc) is 3.48. The summed E-state index contributed by atoms with van der Waals surface area (Å²) in [6.07, 6.45) is 1.57. The van der Waals surface area contributed by atoms with E-state index in [1.807, 2.05) is 0 Å². The van der Waals surface area contributed by atoms with Gasteiger partial charge in [-0.15, -0.1) is 0 Å². The molecule has 11 heteroatoms. The standard InChI is InChI=1S/C27H20FN3O6S/c1-3-36-26(33)23-15(2)29-27-30(24(23)17-4-8-18(28)9-5-17)25(32)22(38-27)14-20-12-13-21(37-20)16-6-10-19(11-7-16)31(34)35/h4-14,24H,3H2,1-2H3/b22-14-/t24-/m0/s1. The minimum Gasteiger partial charge on any atom is -0.463 e. The van der Waals surface area contributed by atoms with Crippen molar-refractivity contribution in [2.75, 3.05) is 6.61 Å². The second-order valence-electron chi connectivity index (χ2n) is 8.36. The molecule has 1 aliphatic heterocycles. The highest BCUT2D eigenvalue weighted by Gasteiger charge is 2.33. The van der Waals surface area contributed by atoms with Gasteiger partial charge in [0.1, 0.15) is 17.3 Å². The summed E-state index contributed by atoms with van der Waals surface area (Å²) in [5.74, 6) is -0.177. The predicted octanol–water partition coefficient (Wildman–Crippen LogP) is 4.11. The lowest BCUT2D eigenvalue weighted by molar-refractivity contribution is -0.384. The van der Waals surface area contributed by atoms with E-state index in [4.69, 9.17) is 9.15 Å². The van der Waals surface area contributed by atoms with Crippen LogP contribution in [-0.2, 0) is 9.53 Å². The molecule has 0 saturated carbocycles. The quantitative estimate of drug-likeness (QED) is 0.209. The van der Waals surface area contributed by atoms with E-state index in [9.17, 15) is 24.1 Å². The second-order valence-corrected chi connectivity index (χ2v) is 9.37. The Morgan fingerprint density at radius 1 is 1.18 bits per heavy atom. The second kappa shape index (κ2) is 10.0. The first-order valence-electron chi connectivity index (χ1n) is 11.6. The van der Waals surface area contributed by atoms with Crippen molar-refractivity contribution in [2.24, 2.45) is 4.99 Å². The van der Waals surface area contributed by atoms with Crippen LogP contribution in [0.25, 0.3) is 17.4 Å². The van der Waals surface area contributed by atoms with Gasteiger partial charge < -0.3 is 9.15 Å². The summed E-state index contributed by atoms with van der Waals surface area (Å²) in [5.41, 5.74) is 1.36. The Balaban J connectivity index is 1.59. The van der Waals surface area contributed by atoms with Gasteiger partial charge in [0.15, 0.2) is 4.80 Å². The predicted molar refractivity (Wildman–Crippen MR) is 138 cm³/mol. The molecular weight excluding hydrogens is 513 g/mol. The van der Waals surface area contributed by atoms with Gasteiger partial charge in [0.25, 0.3) is 11.2 Å². The van der Waals surface area contributed by atoms with Gasteiger partial charge in [-0.05, 0) is 55.8 Å². The summed E-state index contributed by atoms with van der Waals surface area (Å²) in [6, 6.07) is 14.1. The lowest BCUT2D eigenvalue weighted by atomic mass is 9.96. The third-order valence-electron chi connectivity index (χ3n) is 5.97. The molecule has 0 bridgehead atoms. The first kappa shape index (κ1) is 25.0. The van der Waals surface area contributed by atoms with Crippen LogP contribution >= 0.6 is 11.3 Å². The number of fused-ring (bicyclic) bond motifs is 1. The number of hydrogen-bond donors (Lipinski definition) is 0. The van der Waals surface area contributed by atoms with Crippen LogP contribution in [-0.4, -0.2) is 22.1 Å². The number of halogens is 1. The summed E-state index contributed by atoms with van der Waals surface area (Å²) in [4.78, 5) is 41.8. The van der Waals surface area contributed by atoms with E-state index in [2.05, 4.69) is 4.99 Å². The molecule has 1 atom stereocenters. The van der Waals surface area contributed by atoms with Crippen molar-refractivity contribution < 1.29 is 23.3 Å². The van der Waals surface area contributed by atoms with Gasteiger partial charge in [-0.3, -0.25) is 19.5 Å². The van der Waals surface area contributed by atoms with Crippen LogP contribution in [0.4, 0.5) is 10.1 Å². The van der Waals surface area contributed by atoms with Crippen molar-refractivity contribution >= 4 is 29.1 Å². The van der Waals surface area contributed by atoms with E-state index < -0.39 is 28.3 Å². The first-order valence-corrected chi connectivity index (χ1v) is 12.4. The molecule has 0 fully saturated rings. The molecule has 1 aliphatic rings. The minimum absolute atomic E-state index is 0.0326. The molecule has 0 radical (unpaired) electrons. The molecule has 9 nitrogen and oxygen atoms in total. The molecule has 0 unspecified atom stereocenters. The molecule has 2 aromatic carbocycles. The maximum atomic E-state index is 13.7. The number of thiazole rings is 1. The first-order chi connectivity index (χ1) is 18.3. The van der Waals surface area contributed by atoms with Crippen LogP contribution < -0.4 is 14.9 Å². The van der Waals surface area contributed by atoms with Gasteiger partial charge in [-0.1, -0.05) is 23.5 Å². The number of nitrogens with zero attached hydrogens (tertiary/aromatic N) is 3. The number of carbonyl (C=O) groups excluding carboxylic acids is 1. The lowest BCUT2D eigenvalue weighted by Gasteiger charge is -2.24. The van der Waals surface area contributed by atoms with E-state index in [1.165, 1.54) is 41.0 Å². The Morgan fingerprint density at radius 2 is 1.89 bits per heavy atom. The number of ether oxygens (including phenoxy) is 1. The van der Waals surface area contributed by atoms with E-state index in [-0.39, 0.29) is 17.9 Å². The SMILES string of the molecule is CCOC(=O)C1=C(C)N=c2s/c(=C\c3ccc(-c4ccc([N+](=O)[O-])cc4)o3)c(=O)n2[C@H]1c1ccc(F)cc1. The highest BCUT2D eigenvalue weighted by Crippen LogP contribution is 2.31. The van der Waals surface area contributed by atoms with Crippen LogP contribution in [0.2, 0.25) is 0 Å². The minimum atomic E-state index is -0.847. The average molecular weight is 534 g/mol. The van der Waals surface area contributed by atoms with E-state index in [0.29, 0.717) is 37.7 Å². The lowest BCUT2D eigenvalue weighted by Crippen LogP contribution is -2.39. The van der Waals surface area contributed by atoms with Gasteiger partial charge >= 0.3 is 5.97 Å². The maximum Gasteiger partial charge on any atom is 0.338 e. The molecule has 4 aromatic rings. The molecule has 0 aliphatic carbocycles. The summed E-state index contributed by atoms with van der Waals surface area (Å²) >= 11 is 1.13. The van der Waals surface area contributed by atoms with Gasteiger partial charge in [0.05, 0.1) is 33.4 Å². The smallest absolute Gasteiger partial charge is 0.338 e. The van der Waals surface area contributed by atoms with E-state index in [0.717, 1.165) is 11.3 Å². The zero-order chi connectivity index (χ0) is 27.0. The number of hydrogen-bond acceptors (Lipinski definition) is 8. The fourth-order valence-electron chi connectivity index (χ4n) is 4.21. The fraction of sp³-hybridized carbons (Fsp3) is 0.148. The van der Waals surface area contributed by atoms with E-state index >= 15 is 0 Å². The molecule has 0 amide bonds. The number of esters is 1. The largest absolute Gasteiger partial charge is 0.463 e. The topological polar surface area (TPSA) is 117 Å². The number of nitro benzene ring substituents is 1. The van der Waals surface area contributed by atoms with Crippen molar-refractivity contribution in [1.82, 2.24) is 4.57 Å². The van der Waals surface area contributed by atoms with Crippen LogP contribution in [0.5, 0.6) is 0 Å². The molecule has 0 spiro atoms. The van der Waals surface area contributed by atoms with Gasteiger partial charge in [0, 0.05) is 23.8 Å². The molecule has 3 heterocycles. The summed E-state index contributed by atoms with van der Waals surface area (Å²) in [6.45, 7) is 3.50. The number of non-ortho nitro benzene ring substituents is 1. The maximum absolute atomic E-state index is 13.7. The number of aromatic nitrogens is 1. The van der Waals surface area contributed by atoms with Crippen molar-refractivity contribution in [3.63, 3.8) is 0 Å². The third-order valence-corrected chi connectivity index (χ3v) is 6.95. The Labute approximate surface area is 218 Å². The Kier molecular flexibility index (Phi) is 6.60. The van der Waals surface area contributed by atoms with Crippen LogP contribution in [0.1, 0.15) is 31.2 Å². The van der Waals surface area contributed by atoms with Crippen LogP contribution in [0.15, 0.2) is 86.1 Å². The highest BCUT2D eigenvalue weighted by atomic mass is 32.1. The van der Waals surface area contributed by atoms with E-state index in [1.54, 1.807) is 44.2 Å². The summed E-state index contributed by atoms with van der Waals surface area (Å²) in [5, 5.41) is 10.9. The Bertz CT molecular complexity index is 1760. The zero-order valence-corrected chi connectivity index (χ0v) is 21.0. The number of rotatable bonds is 6. The number of allylic oxidation sites excluding steroid dienone is 1. The number of benzene rings is 2. The highest BCUT2D eigenvalue weighted by molar-refractivity contribution is 7.07. The van der Waals surface area contributed by atoms with Gasteiger partial charge in [0.2, 0.25) is 0 Å². The summed E-state index contributed by atoms with van der Waals surface area (Å²) in [7, 11) is 0. The Hall–Kier alpha value is -4.64. The van der Waals surface area contributed by atoms with Crippen molar-refractivity contribution in [3.05, 3.63) is 119 Å². The van der Waals surface area contributed by atoms with Crippen molar-refractivity contribution in [2.45, 2.75) is 19.9 Å². The van der Waals surface area contributed by atoms with Gasteiger partial charge in [-0.25, -0.2) is 14.2 Å². The van der Waals surface area contributed by atoms with Crippen LogP contribution in [0, 0.1) is 15.9 Å². The number of nitro groups is 1. The van der Waals surface area contributed by atoms with Gasteiger partial charge in [-0.2, -0.15) is 0 Å². The third kappa shape index (κ3) is 4.59. The summed E-state index contributed by atoms with van der Waals surface area (Å²) < 4.78 is 26.5. The monoisotopic (exact) mass is 533 g/mol.